The maximum absolute atomic E-state index is 12.4. The van der Waals surface area contributed by atoms with Crippen LogP contribution < -0.4 is 5.32 Å². The van der Waals surface area contributed by atoms with Gasteiger partial charge < -0.3 is 0 Å². The summed E-state index contributed by atoms with van der Waals surface area (Å²) in [6.45, 7) is 3.74. The van der Waals surface area contributed by atoms with Crippen LogP contribution in [0, 0.1) is 13.8 Å². The molecule has 0 spiro atoms. The van der Waals surface area contributed by atoms with Crippen molar-refractivity contribution < 1.29 is 4.79 Å². The molecule has 1 N–H and O–H groups in total. The van der Waals surface area contributed by atoms with Crippen molar-refractivity contribution in [3.63, 3.8) is 0 Å². The minimum absolute atomic E-state index is 0.228. The second-order valence-corrected chi connectivity index (χ2v) is 5.95. The van der Waals surface area contributed by atoms with E-state index in [9.17, 15) is 4.79 Å². The van der Waals surface area contributed by atoms with Gasteiger partial charge in [-0.3, -0.25) is 10.1 Å². The zero-order valence-corrected chi connectivity index (χ0v) is 14.3. The molecule has 0 unspecified atom stereocenters. The molecule has 6 heteroatoms. The molecule has 0 bridgehead atoms. The fourth-order valence-corrected chi connectivity index (χ4v) is 2.65. The molecule has 116 valence electrons. The van der Waals surface area contributed by atoms with Crippen molar-refractivity contribution in [3.8, 4) is 5.69 Å². The van der Waals surface area contributed by atoms with Gasteiger partial charge in [0, 0.05) is 10.0 Å². The van der Waals surface area contributed by atoms with E-state index in [0.29, 0.717) is 11.4 Å². The molecule has 23 heavy (non-hydrogen) atoms. The average Bonchev–Trinajstić information content (AvgIpc) is 2.91. The van der Waals surface area contributed by atoms with Gasteiger partial charge in [-0.25, -0.2) is 4.68 Å². The zero-order chi connectivity index (χ0) is 16.4. The lowest BCUT2D eigenvalue weighted by Crippen LogP contribution is -2.14. The van der Waals surface area contributed by atoms with E-state index >= 15 is 0 Å². The Hall–Kier alpha value is -2.47. The quantitative estimate of drug-likeness (QED) is 0.760. The lowest BCUT2D eigenvalue weighted by molar-refractivity contribution is 0.102. The normalized spacial score (nSPS) is 10.6. The SMILES string of the molecule is Cc1c(Br)cccc1C(=O)Nc1nc(C)n(-c2ccccc2)n1. The highest BCUT2D eigenvalue weighted by Crippen LogP contribution is 2.20. The summed E-state index contributed by atoms with van der Waals surface area (Å²) in [6, 6.07) is 15.2. The maximum Gasteiger partial charge on any atom is 0.258 e. The summed E-state index contributed by atoms with van der Waals surface area (Å²) < 4.78 is 2.59. The molecule has 2 aromatic carbocycles. The summed E-state index contributed by atoms with van der Waals surface area (Å²) in [5.41, 5.74) is 2.37. The third kappa shape index (κ3) is 3.17. The first-order chi connectivity index (χ1) is 11.1. The van der Waals surface area contributed by atoms with E-state index in [0.717, 1.165) is 15.7 Å². The van der Waals surface area contributed by atoms with Gasteiger partial charge in [-0.15, -0.1) is 5.10 Å². The van der Waals surface area contributed by atoms with Gasteiger partial charge >= 0.3 is 0 Å². The van der Waals surface area contributed by atoms with E-state index in [-0.39, 0.29) is 11.9 Å². The number of aryl methyl sites for hydroxylation is 1. The Balaban J connectivity index is 1.87. The fraction of sp³-hybridized carbons (Fsp3) is 0.118. The van der Waals surface area contributed by atoms with E-state index < -0.39 is 0 Å². The Morgan fingerprint density at radius 2 is 1.83 bits per heavy atom. The first-order valence-corrected chi connectivity index (χ1v) is 7.91. The minimum atomic E-state index is -0.228. The standard InChI is InChI=1S/C17H15BrN4O/c1-11-14(9-6-10-15(11)18)16(23)20-17-19-12(2)22(21-17)13-7-4-3-5-8-13/h3-10H,1-2H3,(H,20,21,23). The predicted molar refractivity (Wildman–Crippen MR) is 92.9 cm³/mol. The van der Waals surface area contributed by atoms with Gasteiger partial charge in [0.2, 0.25) is 5.95 Å². The van der Waals surface area contributed by atoms with Gasteiger partial charge in [-0.2, -0.15) is 4.98 Å². The zero-order valence-electron chi connectivity index (χ0n) is 12.7. The molecule has 1 heterocycles. The first-order valence-electron chi connectivity index (χ1n) is 7.12. The Labute approximate surface area is 142 Å². The van der Waals surface area contributed by atoms with Crippen molar-refractivity contribution in [2.24, 2.45) is 0 Å². The lowest BCUT2D eigenvalue weighted by atomic mass is 10.1. The van der Waals surface area contributed by atoms with Crippen LogP contribution in [0.1, 0.15) is 21.7 Å². The molecule has 1 amide bonds. The molecular weight excluding hydrogens is 356 g/mol. The highest BCUT2D eigenvalue weighted by Gasteiger charge is 2.14. The molecule has 0 radical (unpaired) electrons. The van der Waals surface area contributed by atoms with Gasteiger partial charge in [-0.05, 0) is 43.7 Å². The van der Waals surface area contributed by atoms with Crippen molar-refractivity contribution in [2.45, 2.75) is 13.8 Å². The number of aromatic nitrogens is 3. The number of benzene rings is 2. The predicted octanol–water partition coefficient (Wildman–Crippen LogP) is 3.90. The Kier molecular flexibility index (Phi) is 4.25. The molecule has 0 aliphatic carbocycles. The lowest BCUT2D eigenvalue weighted by Gasteiger charge is -2.06. The molecule has 5 nitrogen and oxygen atoms in total. The van der Waals surface area contributed by atoms with Crippen molar-refractivity contribution in [1.29, 1.82) is 0 Å². The second-order valence-electron chi connectivity index (χ2n) is 5.10. The molecule has 0 saturated heterocycles. The fourth-order valence-electron chi connectivity index (χ4n) is 2.28. The van der Waals surface area contributed by atoms with Crippen molar-refractivity contribution >= 4 is 27.8 Å². The topological polar surface area (TPSA) is 59.8 Å². The number of halogens is 1. The summed E-state index contributed by atoms with van der Waals surface area (Å²) >= 11 is 3.43. The van der Waals surface area contributed by atoms with E-state index in [1.165, 1.54) is 0 Å². The van der Waals surface area contributed by atoms with E-state index in [1.807, 2.05) is 56.3 Å². The van der Waals surface area contributed by atoms with Crippen molar-refractivity contribution in [3.05, 3.63) is 70.0 Å². The number of carbonyl (C=O) groups is 1. The maximum atomic E-state index is 12.4. The number of hydrogen-bond acceptors (Lipinski definition) is 3. The number of nitrogens with zero attached hydrogens (tertiary/aromatic N) is 3. The largest absolute Gasteiger partial charge is 0.289 e. The monoisotopic (exact) mass is 370 g/mol. The van der Waals surface area contributed by atoms with E-state index in [4.69, 9.17) is 0 Å². The van der Waals surface area contributed by atoms with Crippen LogP contribution in [0.4, 0.5) is 5.95 Å². The number of hydrogen-bond donors (Lipinski definition) is 1. The van der Waals surface area contributed by atoms with Gasteiger partial charge in [0.05, 0.1) is 5.69 Å². The van der Waals surface area contributed by atoms with Crippen LogP contribution in [0.5, 0.6) is 0 Å². The van der Waals surface area contributed by atoms with Crippen LogP contribution in [-0.4, -0.2) is 20.7 Å². The van der Waals surface area contributed by atoms with Gasteiger partial charge in [0.25, 0.3) is 5.91 Å². The van der Waals surface area contributed by atoms with Crippen LogP contribution in [0.2, 0.25) is 0 Å². The number of rotatable bonds is 3. The molecule has 3 rings (SSSR count). The van der Waals surface area contributed by atoms with E-state index in [1.54, 1.807) is 10.7 Å². The number of amides is 1. The minimum Gasteiger partial charge on any atom is -0.289 e. The molecule has 0 fully saturated rings. The molecular formula is C17H15BrN4O. The number of nitrogens with one attached hydrogen (secondary N) is 1. The molecule has 0 aliphatic heterocycles. The molecule has 0 aliphatic rings. The summed E-state index contributed by atoms with van der Waals surface area (Å²) in [7, 11) is 0. The first kappa shape index (κ1) is 15.4. The summed E-state index contributed by atoms with van der Waals surface area (Å²) in [5, 5.41) is 7.11. The Morgan fingerprint density at radius 3 is 2.57 bits per heavy atom. The summed E-state index contributed by atoms with van der Waals surface area (Å²) in [4.78, 5) is 16.7. The van der Waals surface area contributed by atoms with Gasteiger partial charge in [-0.1, -0.05) is 40.2 Å². The van der Waals surface area contributed by atoms with E-state index in [2.05, 4.69) is 31.3 Å². The number of anilines is 1. The molecule has 1 aromatic heterocycles. The van der Waals surface area contributed by atoms with Crippen LogP contribution in [0.15, 0.2) is 53.0 Å². The molecule has 0 atom stereocenters. The van der Waals surface area contributed by atoms with Crippen LogP contribution >= 0.6 is 15.9 Å². The second kappa shape index (κ2) is 6.34. The van der Waals surface area contributed by atoms with Crippen molar-refractivity contribution in [1.82, 2.24) is 14.8 Å². The van der Waals surface area contributed by atoms with Gasteiger partial charge in [0.1, 0.15) is 5.82 Å². The summed E-state index contributed by atoms with van der Waals surface area (Å²) in [5.74, 6) is 0.766. The highest BCUT2D eigenvalue weighted by molar-refractivity contribution is 9.10. The third-order valence-corrected chi connectivity index (χ3v) is 4.37. The molecule has 3 aromatic rings. The average molecular weight is 371 g/mol. The Bertz CT molecular complexity index is 858. The summed E-state index contributed by atoms with van der Waals surface area (Å²) in [6.07, 6.45) is 0. The third-order valence-electron chi connectivity index (χ3n) is 3.51. The number of carbonyl (C=O) groups excluding carboxylic acids is 1. The van der Waals surface area contributed by atoms with Crippen LogP contribution in [0.3, 0.4) is 0 Å². The van der Waals surface area contributed by atoms with Gasteiger partial charge in [0.15, 0.2) is 0 Å². The highest BCUT2D eigenvalue weighted by atomic mass is 79.9. The smallest absolute Gasteiger partial charge is 0.258 e. The Morgan fingerprint density at radius 1 is 1.09 bits per heavy atom. The molecule has 0 saturated carbocycles. The van der Waals surface area contributed by atoms with Crippen LogP contribution in [-0.2, 0) is 0 Å². The van der Waals surface area contributed by atoms with Crippen molar-refractivity contribution in [2.75, 3.05) is 5.32 Å². The number of para-hydroxylation sites is 1. The van der Waals surface area contributed by atoms with Crippen LogP contribution in [0.25, 0.3) is 5.69 Å².